The normalized spacial score (nSPS) is 16.7. The monoisotopic (exact) mass is 419 g/mol. The van der Waals surface area contributed by atoms with Crippen molar-refractivity contribution in [1.82, 2.24) is 4.31 Å². The maximum absolute atomic E-state index is 13.9. The van der Waals surface area contributed by atoms with Crippen LogP contribution in [0, 0.1) is 12.7 Å². The average molecular weight is 419 g/mol. The van der Waals surface area contributed by atoms with Crippen molar-refractivity contribution >= 4 is 21.9 Å². The minimum atomic E-state index is -4.27. The first-order chi connectivity index (χ1) is 13.4. The molecule has 1 aliphatic heterocycles. The molecule has 1 atom stereocenters. The lowest BCUT2D eigenvalue weighted by atomic mass is 10.0. The van der Waals surface area contributed by atoms with Crippen LogP contribution in [-0.4, -0.2) is 30.2 Å². The Hall–Kier alpha value is -2.74. The van der Waals surface area contributed by atoms with Crippen LogP contribution in [0.15, 0.2) is 47.4 Å². The van der Waals surface area contributed by atoms with E-state index in [0.29, 0.717) is 4.31 Å². The van der Waals surface area contributed by atoms with Crippen LogP contribution < -0.4 is 0 Å². The molecule has 1 heterocycles. The molecule has 1 aliphatic rings. The second kappa shape index (κ2) is 7.26. The van der Waals surface area contributed by atoms with E-state index in [9.17, 15) is 22.4 Å². The van der Waals surface area contributed by atoms with Crippen molar-refractivity contribution in [3.8, 4) is 0 Å². The fraction of sp³-hybridized carbons (Fsp3) is 0.333. The summed E-state index contributed by atoms with van der Waals surface area (Å²) in [5.41, 5.74) is 0.269. The number of carbonyl (C=O) groups is 2. The number of esters is 1. The summed E-state index contributed by atoms with van der Waals surface area (Å²) in [6.07, 6.45) is -0.412. The van der Waals surface area contributed by atoms with Crippen molar-refractivity contribution in [2.75, 3.05) is 0 Å². The van der Waals surface area contributed by atoms with Crippen molar-refractivity contribution in [3.05, 3.63) is 65.0 Å². The smallest absolute Gasteiger partial charge is 0.308 e. The van der Waals surface area contributed by atoms with Crippen molar-refractivity contribution in [2.45, 2.75) is 50.7 Å². The molecule has 2 aromatic rings. The van der Waals surface area contributed by atoms with E-state index >= 15 is 0 Å². The van der Waals surface area contributed by atoms with Gasteiger partial charge < -0.3 is 4.74 Å². The Morgan fingerprint density at radius 1 is 1.14 bits per heavy atom. The van der Waals surface area contributed by atoms with E-state index in [1.807, 2.05) is 0 Å². The number of halogens is 1. The standard InChI is InChI=1S/C21H22FNO5S/c1-13-5-8-15(9-6-13)29(26,27)23-18(12-19(24)28-21(2,3)4)17-11-14(22)7-10-16(17)20(23)25/h5-11,18H,12H2,1-4H3. The molecule has 1 unspecified atom stereocenters. The number of amides is 1. The number of fused-ring (bicyclic) bond motifs is 1. The molecule has 3 rings (SSSR count). The van der Waals surface area contributed by atoms with Gasteiger partial charge in [-0.3, -0.25) is 9.59 Å². The lowest BCUT2D eigenvalue weighted by molar-refractivity contribution is -0.155. The van der Waals surface area contributed by atoms with Gasteiger partial charge in [0.1, 0.15) is 11.4 Å². The quantitative estimate of drug-likeness (QED) is 0.705. The molecular formula is C21H22FNO5S. The third-order valence-electron chi connectivity index (χ3n) is 4.44. The summed E-state index contributed by atoms with van der Waals surface area (Å²) < 4.78 is 46.3. The van der Waals surface area contributed by atoms with E-state index in [2.05, 4.69) is 0 Å². The molecule has 0 bridgehead atoms. The Kier molecular flexibility index (Phi) is 5.25. The highest BCUT2D eigenvalue weighted by atomic mass is 32.2. The second-order valence-corrected chi connectivity index (χ2v) is 9.77. The van der Waals surface area contributed by atoms with Gasteiger partial charge in [-0.2, -0.15) is 0 Å². The fourth-order valence-electron chi connectivity index (χ4n) is 3.22. The van der Waals surface area contributed by atoms with Crippen molar-refractivity contribution in [2.24, 2.45) is 0 Å². The third kappa shape index (κ3) is 4.17. The third-order valence-corrected chi connectivity index (χ3v) is 6.25. The first-order valence-electron chi connectivity index (χ1n) is 9.07. The molecule has 0 saturated heterocycles. The summed E-state index contributed by atoms with van der Waals surface area (Å²) in [5, 5.41) is 0. The maximum Gasteiger partial charge on any atom is 0.308 e. The van der Waals surface area contributed by atoms with Crippen LogP contribution in [0.25, 0.3) is 0 Å². The topological polar surface area (TPSA) is 80.8 Å². The van der Waals surface area contributed by atoms with E-state index in [1.54, 1.807) is 39.8 Å². The van der Waals surface area contributed by atoms with Crippen LogP contribution in [0.1, 0.15) is 54.7 Å². The summed E-state index contributed by atoms with van der Waals surface area (Å²) in [7, 11) is -4.27. The van der Waals surface area contributed by atoms with Crippen LogP contribution in [0.5, 0.6) is 0 Å². The molecule has 0 aliphatic carbocycles. The predicted octanol–water partition coefficient (Wildman–Crippen LogP) is 3.75. The van der Waals surface area contributed by atoms with Gasteiger partial charge in [-0.05, 0) is 63.6 Å². The van der Waals surface area contributed by atoms with Gasteiger partial charge in [0.05, 0.1) is 17.4 Å². The molecule has 2 aromatic carbocycles. The number of aryl methyl sites for hydroxylation is 1. The van der Waals surface area contributed by atoms with Gasteiger partial charge in [0.2, 0.25) is 0 Å². The Bertz CT molecular complexity index is 1070. The average Bonchev–Trinajstić information content (AvgIpc) is 2.85. The van der Waals surface area contributed by atoms with Crippen LogP contribution >= 0.6 is 0 Å². The highest BCUT2D eigenvalue weighted by molar-refractivity contribution is 7.89. The summed E-state index contributed by atoms with van der Waals surface area (Å²) >= 11 is 0. The Balaban J connectivity index is 2.07. The highest BCUT2D eigenvalue weighted by Crippen LogP contribution is 2.40. The van der Waals surface area contributed by atoms with E-state index in [1.165, 1.54) is 18.2 Å². The molecule has 6 nitrogen and oxygen atoms in total. The van der Waals surface area contributed by atoms with Crippen LogP contribution in [0.2, 0.25) is 0 Å². The lowest BCUT2D eigenvalue weighted by Gasteiger charge is -2.26. The van der Waals surface area contributed by atoms with Crippen molar-refractivity contribution in [3.63, 3.8) is 0 Å². The summed E-state index contributed by atoms with van der Waals surface area (Å²) in [5.74, 6) is -2.11. The molecule has 0 fully saturated rings. The Labute approximate surface area is 169 Å². The lowest BCUT2D eigenvalue weighted by Crippen LogP contribution is -2.36. The molecule has 154 valence electrons. The number of ether oxygens (including phenoxy) is 1. The SMILES string of the molecule is Cc1ccc(S(=O)(=O)N2C(=O)c3ccc(F)cc3C2CC(=O)OC(C)(C)C)cc1. The molecule has 0 radical (unpaired) electrons. The molecule has 0 saturated carbocycles. The molecule has 1 amide bonds. The van der Waals surface area contributed by atoms with E-state index in [4.69, 9.17) is 4.74 Å². The van der Waals surface area contributed by atoms with Crippen LogP contribution in [0.4, 0.5) is 4.39 Å². The zero-order valence-electron chi connectivity index (χ0n) is 16.6. The zero-order valence-corrected chi connectivity index (χ0v) is 17.4. The molecular weight excluding hydrogens is 397 g/mol. The predicted molar refractivity (Wildman–Crippen MR) is 104 cm³/mol. The molecule has 0 aromatic heterocycles. The zero-order chi connectivity index (χ0) is 21.6. The number of nitrogens with zero attached hydrogens (tertiary/aromatic N) is 1. The second-order valence-electron chi connectivity index (χ2n) is 7.96. The maximum atomic E-state index is 13.9. The van der Waals surface area contributed by atoms with Gasteiger partial charge in [0.15, 0.2) is 0 Å². The van der Waals surface area contributed by atoms with E-state index in [0.717, 1.165) is 17.7 Å². The summed E-state index contributed by atoms with van der Waals surface area (Å²) in [4.78, 5) is 25.3. The van der Waals surface area contributed by atoms with Gasteiger partial charge >= 0.3 is 5.97 Å². The number of hydrogen-bond donors (Lipinski definition) is 0. The van der Waals surface area contributed by atoms with Crippen molar-refractivity contribution < 1.29 is 27.1 Å². The van der Waals surface area contributed by atoms with E-state index in [-0.39, 0.29) is 16.0 Å². The van der Waals surface area contributed by atoms with Gasteiger partial charge in [-0.15, -0.1) is 0 Å². The van der Waals surface area contributed by atoms with Gasteiger partial charge in [-0.25, -0.2) is 17.1 Å². The minimum absolute atomic E-state index is 0.0515. The number of carbonyl (C=O) groups excluding carboxylic acids is 2. The van der Waals surface area contributed by atoms with Gasteiger partial charge in [0, 0.05) is 5.56 Å². The summed E-state index contributed by atoms with van der Waals surface area (Å²) in [6, 6.07) is 8.25. The fourth-order valence-corrected chi connectivity index (χ4v) is 4.77. The molecule has 8 heteroatoms. The first-order valence-corrected chi connectivity index (χ1v) is 10.5. The molecule has 29 heavy (non-hydrogen) atoms. The number of hydrogen-bond acceptors (Lipinski definition) is 5. The Morgan fingerprint density at radius 3 is 2.34 bits per heavy atom. The number of rotatable bonds is 4. The highest BCUT2D eigenvalue weighted by Gasteiger charge is 2.46. The number of benzene rings is 2. The van der Waals surface area contributed by atoms with Crippen LogP contribution in [-0.2, 0) is 19.6 Å². The first kappa shape index (κ1) is 21.0. The largest absolute Gasteiger partial charge is 0.460 e. The minimum Gasteiger partial charge on any atom is -0.460 e. The number of sulfonamides is 1. The van der Waals surface area contributed by atoms with Crippen LogP contribution in [0.3, 0.4) is 0 Å². The van der Waals surface area contributed by atoms with E-state index < -0.39 is 45.8 Å². The summed E-state index contributed by atoms with van der Waals surface area (Å²) in [6.45, 7) is 6.85. The molecule has 0 N–H and O–H groups in total. The van der Waals surface area contributed by atoms with Gasteiger partial charge in [0.25, 0.3) is 15.9 Å². The van der Waals surface area contributed by atoms with Gasteiger partial charge in [-0.1, -0.05) is 17.7 Å². The Morgan fingerprint density at radius 2 is 1.76 bits per heavy atom. The van der Waals surface area contributed by atoms with Crippen molar-refractivity contribution in [1.29, 1.82) is 0 Å². The molecule has 0 spiro atoms.